The Balaban J connectivity index is 1.43. The third-order valence-corrected chi connectivity index (χ3v) is 5.26. The summed E-state index contributed by atoms with van der Waals surface area (Å²) in [5.74, 6) is 1.00. The van der Waals surface area contributed by atoms with Gasteiger partial charge in [-0.25, -0.2) is 10.4 Å². The molecule has 2 atom stereocenters. The molecule has 4 rings (SSSR count). The van der Waals surface area contributed by atoms with E-state index in [-0.39, 0.29) is 23.8 Å². The first-order chi connectivity index (χ1) is 13.5. The second-order valence-electron chi connectivity index (χ2n) is 7.41. The van der Waals surface area contributed by atoms with E-state index in [0.29, 0.717) is 34.1 Å². The maximum Gasteiger partial charge on any atom is 0.251 e. The van der Waals surface area contributed by atoms with Gasteiger partial charge in [0.2, 0.25) is 0 Å². The van der Waals surface area contributed by atoms with E-state index in [9.17, 15) is 4.79 Å². The standard InChI is InChI=1S/C21H23ClN4O2/c1-12(2)21-25-17-9-14(5-8-18(17)28-21)20(27)23-10-15-11-24-26-19(15)13-3-6-16(22)7-4-13/h3-9,12,15,19,24,26H,10-11H2,1-2H3,(H,23,27). The summed E-state index contributed by atoms with van der Waals surface area (Å²) in [7, 11) is 0. The van der Waals surface area contributed by atoms with Crippen LogP contribution in [0.4, 0.5) is 0 Å². The predicted molar refractivity (Wildman–Crippen MR) is 109 cm³/mol. The average molecular weight is 399 g/mol. The minimum atomic E-state index is -0.113. The summed E-state index contributed by atoms with van der Waals surface area (Å²) in [5, 5.41) is 3.75. The monoisotopic (exact) mass is 398 g/mol. The van der Waals surface area contributed by atoms with Gasteiger partial charge in [0.1, 0.15) is 5.52 Å². The lowest BCUT2D eigenvalue weighted by Crippen LogP contribution is -2.32. The fourth-order valence-electron chi connectivity index (χ4n) is 3.41. The number of hydrogen-bond donors (Lipinski definition) is 3. The van der Waals surface area contributed by atoms with E-state index in [2.05, 4.69) is 21.2 Å². The van der Waals surface area contributed by atoms with Gasteiger partial charge in [-0.05, 0) is 35.9 Å². The van der Waals surface area contributed by atoms with Gasteiger partial charge in [0.15, 0.2) is 11.5 Å². The SMILES string of the molecule is CC(C)c1nc2cc(C(=O)NCC3CNNC3c3ccc(Cl)cc3)ccc2o1. The van der Waals surface area contributed by atoms with Crippen LogP contribution in [0.15, 0.2) is 46.9 Å². The average Bonchev–Trinajstić information content (AvgIpc) is 3.33. The minimum absolute atomic E-state index is 0.113. The van der Waals surface area contributed by atoms with Gasteiger partial charge in [-0.15, -0.1) is 0 Å². The highest BCUT2D eigenvalue weighted by Gasteiger charge is 2.28. The molecular weight excluding hydrogens is 376 g/mol. The molecular formula is C21H23ClN4O2. The number of benzene rings is 2. The number of carbonyl (C=O) groups excluding carboxylic acids is 1. The maximum atomic E-state index is 12.6. The van der Waals surface area contributed by atoms with Crippen molar-refractivity contribution >= 4 is 28.6 Å². The highest BCUT2D eigenvalue weighted by Crippen LogP contribution is 2.26. The summed E-state index contributed by atoms with van der Waals surface area (Å²) in [5.41, 5.74) is 9.58. The molecule has 2 heterocycles. The Bertz CT molecular complexity index is 984. The molecule has 0 radical (unpaired) electrons. The van der Waals surface area contributed by atoms with Gasteiger partial charge in [-0.1, -0.05) is 37.6 Å². The zero-order valence-electron chi connectivity index (χ0n) is 15.8. The molecule has 0 saturated carbocycles. The first-order valence-corrected chi connectivity index (χ1v) is 9.81. The van der Waals surface area contributed by atoms with E-state index in [0.717, 1.165) is 12.1 Å². The number of hydrogen-bond acceptors (Lipinski definition) is 5. The van der Waals surface area contributed by atoms with Crippen LogP contribution in [-0.2, 0) is 0 Å². The van der Waals surface area contributed by atoms with Crippen LogP contribution in [-0.4, -0.2) is 24.0 Å². The van der Waals surface area contributed by atoms with Gasteiger partial charge in [0.05, 0.1) is 6.04 Å². The molecule has 0 bridgehead atoms. The molecule has 146 valence electrons. The lowest BCUT2D eigenvalue weighted by Gasteiger charge is -2.19. The van der Waals surface area contributed by atoms with Crippen LogP contribution in [0.5, 0.6) is 0 Å². The third-order valence-electron chi connectivity index (χ3n) is 5.01. The number of amides is 1. The molecule has 1 aromatic heterocycles. The van der Waals surface area contributed by atoms with Crippen molar-refractivity contribution in [2.45, 2.75) is 25.8 Å². The van der Waals surface area contributed by atoms with E-state index in [1.54, 1.807) is 18.2 Å². The number of nitrogens with one attached hydrogen (secondary N) is 3. The lowest BCUT2D eigenvalue weighted by molar-refractivity contribution is 0.0947. The molecule has 28 heavy (non-hydrogen) atoms. The molecule has 7 heteroatoms. The van der Waals surface area contributed by atoms with Crippen molar-refractivity contribution in [1.82, 2.24) is 21.2 Å². The predicted octanol–water partition coefficient (Wildman–Crippen LogP) is 3.80. The van der Waals surface area contributed by atoms with E-state index in [1.165, 1.54) is 0 Å². The Morgan fingerprint density at radius 3 is 2.82 bits per heavy atom. The first-order valence-electron chi connectivity index (χ1n) is 9.44. The lowest BCUT2D eigenvalue weighted by atomic mass is 9.95. The number of nitrogens with zero attached hydrogens (tertiary/aromatic N) is 1. The van der Waals surface area contributed by atoms with Crippen LogP contribution in [0.2, 0.25) is 5.02 Å². The Hall–Kier alpha value is -2.41. The fraction of sp³-hybridized carbons (Fsp3) is 0.333. The molecule has 1 aliphatic rings. The van der Waals surface area contributed by atoms with Crippen molar-refractivity contribution in [1.29, 1.82) is 0 Å². The van der Waals surface area contributed by atoms with E-state index in [1.807, 2.05) is 38.1 Å². The highest BCUT2D eigenvalue weighted by atomic mass is 35.5. The van der Waals surface area contributed by atoms with E-state index >= 15 is 0 Å². The number of hydrazine groups is 1. The number of aromatic nitrogens is 1. The molecule has 1 aliphatic heterocycles. The molecule has 1 amide bonds. The van der Waals surface area contributed by atoms with Crippen molar-refractivity contribution in [3.8, 4) is 0 Å². The van der Waals surface area contributed by atoms with Crippen LogP contribution in [0.1, 0.15) is 47.6 Å². The van der Waals surface area contributed by atoms with E-state index < -0.39 is 0 Å². The zero-order valence-corrected chi connectivity index (χ0v) is 16.6. The normalized spacial score (nSPS) is 19.4. The first kappa shape index (κ1) is 18.9. The summed E-state index contributed by atoms with van der Waals surface area (Å²) in [6, 6.07) is 13.2. The Labute approximate surface area is 168 Å². The number of rotatable bonds is 5. The molecule has 3 N–H and O–H groups in total. The second kappa shape index (κ2) is 7.91. The minimum Gasteiger partial charge on any atom is -0.440 e. The van der Waals surface area contributed by atoms with E-state index in [4.69, 9.17) is 16.0 Å². The fourth-order valence-corrected chi connectivity index (χ4v) is 3.54. The number of halogens is 1. The molecule has 6 nitrogen and oxygen atoms in total. The van der Waals surface area contributed by atoms with Crippen LogP contribution < -0.4 is 16.2 Å². The largest absolute Gasteiger partial charge is 0.440 e. The summed E-state index contributed by atoms with van der Waals surface area (Å²) >= 11 is 5.98. The molecule has 2 aromatic carbocycles. The van der Waals surface area contributed by atoms with Gasteiger partial charge >= 0.3 is 0 Å². The third kappa shape index (κ3) is 3.90. The number of fused-ring (bicyclic) bond motifs is 1. The molecule has 0 aliphatic carbocycles. The van der Waals surface area contributed by atoms with Crippen LogP contribution in [0.3, 0.4) is 0 Å². The van der Waals surface area contributed by atoms with Gasteiger partial charge in [-0.2, -0.15) is 0 Å². The zero-order chi connectivity index (χ0) is 19.7. The highest BCUT2D eigenvalue weighted by molar-refractivity contribution is 6.30. The summed E-state index contributed by atoms with van der Waals surface area (Å²) in [4.78, 5) is 17.1. The van der Waals surface area contributed by atoms with Crippen molar-refractivity contribution in [2.75, 3.05) is 13.1 Å². The van der Waals surface area contributed by atoms with Gasteiger partial charge < -0.3 is 9.73 Å². The van der Waals surface area contributed by atoms with Gasteiger partial charge in [0.25, 0.3) is 5.91 Å². The second-order valence-corrected chi connectivity index (χ2v) is 7.85. The topological polar surface area (TPSA) is 79.2 Å². The number of oxazole rings is 1. The summed E-state index contributed by atoms with van der Waals surface area (Å²) in [6.45, 7) is 5.38. The van der Waals surface area contributed by atoms with Crippen molar-refractivity contribution < 1.29 is 9.21 Å². The quantitative estimate of drug-likeness (QED) is 0.609. The van der Waals surface area contributed by atoms with Crippen molar-refractivity contribution in [3.05, 3.63) is 64.5 Å². The van der Waals surface area contributed by atoms with Crippen LogP contribution in [0.25, 0.3) is 11.1 Å². The molecule has 2 unspecified atom stereocenters. The number of carbonyl (C=O) groups is 1. The van der Waals surface area contributed by atoms with Gasteiger partial charge in [0, 0.05) is 35.5 Å². The molecule has 1 fully saturated rings. The van der Waals surface area contributed by atoms with Crippen molar-refractivity contribution in [3.63, 3.8) is 0 Å². The molecule has 3 aromatic rings. The molecule has 0 spiro atoms. The molecule has 1 saturated heterocycles. The maximum absolute atomic E-state index is 12.6. The Kier molecular flexibility index (Phi) is 5.35. The summed E-state index contributed by atoms with van der Waals surface area (Å²) < 4.78 is 5.71. The van der Waals surface area contributed by atoms with Crippen LogP contribution in [0, 0.1) is 5.92 Å². The Morgan fingerprint density at radius 1 is 1.29 bits per heavy atom. The van der Waals surface area contributed by atoms with Gasteiger partial charge in [-0.3, -0.25) is 10.2 Å². The Morgan fingerprint density at radius 2 is 2.07 bits per heavy atom. The summed E-state index contributed by atoms with van der Waals surface area (Å²) in [6.07, 6.45) is 0. The van der Waals surface area contributed by atoms with Crippen molar-refractivity contribution in [2.24, 2.45) is 5.92 Å². The van der Waals surface area contributed by atoms with Crippen LogP contribution >= 0.6 is 11.6 Å². The smallest absolute Gasteiger partial charge is 0.251 e.